The van der Waals surface area contributed by atoms with Crippen molar-refractivity contribution in [2.45, 2.75) is 26.8 Å². The van der Waals surface area contributed by atoms with Gasteiger partial charge in [-0.25, -0.2) is 0 Å². The summed E-state index contributed by atoms with van der Waals surface area (Å²) in [5, 5.41) is 0. The fourth-order valence-electron chi connectivity index (χ4n) is 0.944. The van der Waals surface area contributed by atoms with E-state index >= 15 is 0 Å². The third-order valence-electron chi connectivity index (χ3n) is 2.09. The van der Waals surface area contributed by atoms with E-state index in [1.807, 2.05) is 0 Å². The first kappa shape index (κ1) is 11.5. The zero-order valence-corrected chi connectivity index (χ0v) is 8.38. The number of hydrogen-bond acceptors (Lipinski definition) is 2. The highest BCUT2D eigenvalue weighted by Gasteiger charge is 2.10. The van der Waals surface area contributed by atoms with Crippen LogP contribution in [0.25, 0.3) is 0 Å². The molecule has 0 saturated carbocycles. The lowest BCUT2D eigenvalue weighted by Crippen LogP contribution is -2.40. The molecule has 0 saturated heterocycles. The van der Waals surface area contributed by atoms with E-state index in [0.717, 1.165) is 13.1 Å². The monoisotopic (exact) mass is 168 g/mol. The Hall–Kier alpha value is -0.520. The van der Waals surface area contributed by atoms with E-state index < -0.39 is 0 Å². The number of terminal acetylenes is 1. The van der Waals surface area contributed by atoms with E-state index in [1.54, 1.807) is 0 Å². The highest BCUT2D eigenvalue weighted by Crippen LogP contribution is 2.00. The van der Waals surface area contributed by atoms with Gasteiger partial charge in [-0.15, -0.1) is 6.42 Å². The molecule has 0 aromatic heterocycles. The molecule has 1 atom stereocenters. The molecule has 0 spiro atoms. The Labute approximate surface area is 76.1 Å². The van der Waals surface area contributed by atoms with Crippen molar-refractivity contribution in [1.29, 1.82) is 0 Å². The quantitative estimate of drug-likeness (QED) is 0.619. The molecule has 0 radical (unpaired) electrons. The lowest BCUT2D eigenvalue weighted by Gasteiger charge is -2.24. The summed E-state index contributed by atoms with van der Waals surface area (Å²) in [6.45, 7) is 8.95. The van der Waals surface area contributed by atoms with Crippen molar-refractivity contribution in [3.63, 3.8) is 0 Å². The van der Waals surface area contributed by atoms with Crippen LogP contribution in [-0.4, -0.2) is 30.6 Å². The van der Waals surface area contributed by atoms with Crippen LogP contribution < -0.4 is 5.73 Å². The average molecular weight is 168 g/mol. The fourth-order valence-corrected chi connectivity index (χ4v) is 0.944. The van der Waals surface area contributed by atoms with Crippen LogP contribution in [0, 0.1) is 18.3 Å². The topological polar surface area (TPSA) is 29.3 Å². The van der Waals surface area contributed by atoms with Gasteiger partial charge in [0.15, 0.2) is 0 Å². The highest BCUT2D eigenvalue weighted by atomic mass is 15.1. The largest absolute Gasteiger partial charge is 0.326 e. The Balaban J connectivity index is 3.78. The molecule has 0 aliphatic carbocycles. The minimum Gasteiger partial charge on any atom is -0.326 e. The molecule has 0 rings (SSSR count). The molecule has 0 aromatic carbocycles. The lowest BCUT2D eigenvalue weighted by molar-refractivity contribution is 0.275. The summed E-state index contributed by atoms with van der Waals surface area (Å²) < 4.78 is 0. The summed E-state index contributed by atoms with van der Waals surface area (Å²) in [4.78, 5) is 2.19. The van der Waals surface area contributed by atoms with Crippen molar-refractivity contribution in [2.24, 2.45) is 11.7 Å². The lowest BCUT2D eigenvalue weighted by atomic mass is 10.1. The van der Waals surface area contributed by atoms with E-state index in [1.165, 1.54) is 0 Å². The first-order valence-electron chi connectivity index (χ1n) is 4.53. The average Bonchev–Trinajstić information content (AvgIpc) is 2.03. The summed E-state index contributed by atoms with van der Waals surface area (Å²) in [5.74, 6) is 3.16. The van der Waals surface area contributed by atoms with Crippen LogP contribution in [0.15, 0.2) is 0 Å². The molecular weight excluding hydrogens is 148 g/mol. The third kappa shape index (κ3) is 4.38. The zero-order chi connectivity index (χ0) is 9.56. The van der Waals surface area contributed by atoms with Crippen molar-refractivity contribution >= 4 is 0 Å². The van der Waals surface area contributed by atoms with E-state index in [9.17, 15) is 0 Å². The molecule has 2 N–H and O–H groups in total. The van der Waals surface area contributed by atoms with Gasteiger partial charge in [0.25, 0.3) is 0 Å². The molecule has 1 unspecified atom stereocenters. The molecule has 2 nitrogen and oxygen atoms in total. The van der Waals surface area contributed by atoms with Crippen LogP contribution in [0.2, 0.25) is 0 Å². The minimum absolute atomic E-state index is 0.235. The summed E-state index contributed by atoms with van der Waals surface area (Å²) in [5.41, 5.74) is 5.91. The van der Waals surface area contributed by atoms with Gasteiger partial charge in [0, 0.05) is 12.6 Å². The fraction of sp³-hybridized carbons (Fsp3) is 0.800. The third-order valence-corrected chi connectivity index (χ3v) is 2.09. The van der Waals surface area contributed by atoms with Crippen LogP contribution in [0.5, 0.6) is 0 Å². The summed E-state index contributed by atoms with van der Waals surface area (Å²) >= 11 is 0. The molecule has 0 amide bonds. The molecule has 0 aromatic rings. The number of likely N-dealkylation sites (N-methyl/N-ethyl adjacent to an activating group) is 1. The zero-order valence-electron chi connectivity index (χ0n) is 8.38. The minimum atomic E-state index is 0.235. The molecule has 70 valence electrons. The standard InChI is InChI=1S/C10H20N2/c1-5-7-12(6-2)8-10(11)9(3)4/h1,9-10H,6-8,11H2,2-4H3. The van der Waals surface area contributed by atoms with Gasteiger partial charge in [0.1, 0.15) is 0 Å². The van der Waals surface area contributed by atoms with Gasteiger partial charge in [0.05, 0.1) is 6.54 Å². The number of rotatable bonds is 5. The summed E-state index contributed by atoms with van der Waals surface area (Å²) in [6, 6.07) is 0.235. The summed E-state index contributed by atoms with van der Waals surface area (Å²) in [7, 11) is 0. The Kier molecular flexibility index (Phi) is 5.79. The maximum absolute atomic E-state index is 5.91. The normalized spacial score (nSPS) is 13.4. The molecule has 0 aliphatic heterocycles. The van der Waals surface area contributed by atoms with Gasteiger partial charge >= 0.3 is 0 Å². The molecule has 0 bridgehead atoms. The number of nitrogens with two attached hydrogens (primary N) is 1. The maximum atomic E-state index is 5.91. The van der Waals surface area contributed by atoms with Crippen molar-refractivity contribution in [3.8, 4) is 12.3 Å². The molecule has 0 heterocycles. The maximum Gasteiger partial charge on any atom is 0.0599 e. The van der Waals surface area contributed by atoms with E-state index in [4.69, 9.17) is 12.2 Å². The summed E-state index contributed by atoms with van der Waals surface area (Å²) in [6.07, 6.45) is 5.22. The van der Waals surface area contributed by atoms with Gasteiger partial charge in [-0.05, 0) is 12.5 Å². The Morgan fingerprint density at radius 3 is 2.42 bits per heavy atom. The second-order valence-electron chi connectivity index (χ2n) is 3.44. The van der Waals surface area contributed by atoms with Crippen LogP contribution in [0.1, 0.15) is 20.8 Å². The van der Waals surface area contributed by atoms with Crippen molar-refractivity contribution in [2.75, 3.05) is 19.6 Å². The Morgan fingerprint density at radius 2 is 2.08 bits per heavy atom. The Morgan fingerprint density at radius 1 is 1.50 bits per heavy atom. The SMILES string of the molecule is C#CCN(CC)CC(N)C(C)C. The van der Waals surface area contributed by atoms with Crippen molar-refractivity contribution < 1.29 is 0 Å². The predicted octanol–water partition coefficient (Wildman–Crippen LogP) is 0.925. The first-order chi connectivity index (χ1) is 5.61. The van der Waals surface area contributed by atoms with Gasteiger partial charge < -0.3 is 5.73 Å². The van der Waals surface area contributed by atoms with E-state index in [-0.39, 0.29) is 6.04 Å². The predicted molar refractivity (Wildman–Crippen MR) is 53.8 cm³/mol. The van der Waals surface area contributed by atoms with E-state index in [0.29, 0.717) is 12.5 Å². The Bertz CT molecular complexity index is 146. The van der Waals surface area contributed by atoms with Crippen LogP contribution >= 0.6 is 0 Å². The number of hydrogen-bond donors (Lipinski definition) is 1. The molecule has 2 heteroatoms. The van der Waals surface area contributed by atoms with Crippen LogP contribution in [0.3, 0.4) is 0 Å². The molecule has 0 aliphatic rings. The van der Waals surface area contributed by atoms with Crippen LogP contribution in [-0.2, 0) is 0 Å². The van der Waals surface area contributed by atoms with Gasteiger partial charge in [-0.1, -0.05) is 26.7 Å². The van der Waals surface area contributed by atoms with E-state index in [2.05, 4.69) is 31.6 Å². The first-order valence-corrected chi connectivity index (χ1v) is 4.53. The molecule has 0 fully saturated rings. The second kappa shape index (κ2) is 6.05. The second-order valence-corrected chi connectivity index (χ2v) is 3.44. The molecular formula is C10H20N2. The number of nitrogens with zero attached hydrogens (tertiary/aromatic N) is 1. The highest BCUT2D eigenvalue weighted by molar-refractivity contribution is 4.88. The van der Waals surface area contributed by atoms with Gasteiger partial charge in [0.2, 0.25) is 0 Å². The van der Waals surface area contributed by atoms with Crippen molar-refractivity contribution in [1.82, 2.24) is 4.90 Å². The van der Waals surface area contributed by atoms with Crippen molar-refractivity contribution in [3.05, 3.63) is 0 Å². The van der Waals surface area contributed by atoms with Crippen LogP contribution in [0.4, 0.5) is 0 Å². The van der Waals surface area contributed by atoms with Gasteiger partial charge in [-0.2, -0.15) is 0 Å². The van der Waals surface area contributed by atoms with Gasteiger partial charge in [-0.3, -0.25) is 4.90 Å². The smallest absolute Gasteiger partial charge is 0.0599 e. The molecule has 12 heavy (non-hydrogen) atoms.